The van der Waals surface area contributed by atoms with Gasteiger partial charge in [-0.15, -0.1) is 0 Å². The molecule has 0 radical (unpaired) electrons. The predicted molar refractivity (Wildman–Crippen MR) is 135 cm³/mol. The van der Waals surface area contributed by atoms with Crippen molar-refractivity contribution in [2.75, 3.05) is 61.9 Å². The van der Waals surface area contributed by atoms with Gasteiger partial charge in [-0.1, -0.05) is 18.2 Å². The molecule has 2 heterocycles. The van der Waals surface area contributed by atoms with E-state index in [0.717, 1.165) is 11.4 Å². The molecule has 0 bridgehead atoms. The summed E-state index contributed by atoms with van der Waals surface area (Å²) in [4.78, 5) is 28.8. The average molecular weight is 501 g/mol. The van der Waals surface area contributed by atoms with Crippen molar-refractivity contribution in [1.29, 1.82) is 0 Å². The van der Waals surface area contributed by atoms with Crippen molar-refractivity contribution in [3.05, 3.63) is 54.6 Å². The third-order valence-electron chi connectivity index (χ3n) is 6.51. The number of piperazine rings is 1. The lowest BCUT2D eigenvalue weighted by Gasteiger charge is -2.35. The van der Waals surface area contributed by atoms with E-state index in [-0.39, 0.29) is 30.5 Å². The molecular weight excluding hydrogens is 468 g/mol. The molecule has 0 saturated carbocycles. The summed E-state index contributed by atoms with van der Waals surface area (Å²) in [6.45, 7) is 2.78. The third kappa shape index (κ3) is 6.12. The summed E-state index contributed by atoms with van der Waals surface area (Å²) in [5.74, 6) is -0.0917. The SMILES string of the molecule is COc1ccc(N2CC(C(=O)NCCCS(=O)(=O)N3CCN(c4ccccc4)CC3)CC2=O)cc1. The fraction of sp³-hybridized carbons (Fsp3) is 0.440. The summed E-state index contributed by atoms with van der Waals surface area (Å²) in [6, 6.07) is 17.1. The van der Waals surface area contributed by atoms with Crippen molar-refractivity contribution in [3.63, 3.8) is 0 Å². The Labute approximate surface area is 206 Å². The number of anilines is 2. The summed E-state index contributed by atoms with van der Waals surface area (Å²) < 4.78 is 32.2. The van der Waals surface area contributed by atoms with Crippen molar-refractivity contribution in [2.45, 2.75) is 12.8 Å². The van der Waals surface area contributed by atoms with Crippen molar-refractivity contribution in [3.8, 4) is 5.75 Å². The first-order valence-electron chi connectivity index (χ1n) is 11.9. The van der Waals surface area contributed by atoms with Crippen LogP contribution >= 0.6 is 0 Å². The molecule has 1 unspecified atom stereocenters. The number of methoxy groups -OCH3 is 1. The lowest BCUT2D eigenvalue weighted by molar-refractivity contribution is -0.126. The van der Waals surface area contributed by atoms with Gasteiger partial charge in [0, 0.05) is 57.1 Å². The molecule has 1 atom stereocenters. The molecule has 2 aromatic rings. The Morgan fingerprint density at radius 2 is 1.69 bits per heavy atom. The molecule has 2 aliphatic heterocycles. The molecule has 2 aliphatic rings. The zero-order chi connectivity index (χ0) is 24.8. The molecule has 10 heteroatoms. The number of ether oxygens (including phenoxy) is 1. The Kier molecular flexibility index (Phi) is 7.92. The second-order valence-corrected chi connectivity index (χ2v) is 10.9. The van der Waals surface area contributed by atoms with E-state index in [9.17, 15) is 18.0 Å². The first kappa shape index (κ1) is 25.0. The van der Waals surface area contributed by atoms with E-state index in [2.05, 4.69) is 10.2 Å². The van der Waals surface area contributed by atoms with Crippen LogP contribution in [0.25, 0.3) is 0 Å². The minimum absolute atomic E-state index is 0.0137. The van der Waals surface area contributed by atoms with Crippen molar-refractivity contribution >= 4 is 33.2 Å². The van der Waals surface area contributed by atoms with Gasteiger partial charge < -0.3 is 19.9 Å². The summed E-state index contributed by atoms with van der Waals surface area (Å²) in [7, 11) is -1.81. The molecule has 2 fully saturated rings. The van der Waals surface area contributed by atoms with E-state index in [1.54, 1.807) is 36.3 Å². The molecule has 0 spiro atoms. The number of nitrogens with one attached hydrogen (secondary N) is 1. The van der Waals surface area contributed by atoms with Crippen LogP contribution in [0.1, 0.15) is 12.8 Å². The van der Waals surface area contributed by atoms with Gasteiger partial charge in [-0.2, -0.15) is 4.31 Å². The monoisotopic (exact) mass is 500 g/mol. The molecule has 9 nitrogen and oxygen atoms in total. The van der Waals surface area contributed by atoms with E-state index < -0.39 is 15.9 Å². The zero-order valence-electron chi connectivity index (χ0n) is 19.9. The van der Waals surface area contributed by atoms with Crippen LogP contribution in [0.4, 0.5) is 11.4 Å². The number of para-hydroxylation sites is 1. The molecule has 0 aromatic heterocycles. The van der Waals surface area contributed by atoms with Crippen LogP contribution < -0.4 is 19.9 Å². The number of amides is 2. The Hall–Kier alpha value is -3.11. The number of sulfonamides is 1. The third-order valence-corrected chi connectivity index (χ3v) is 8.47. The highest BCUT2D eigenvalue weighted by molar-refractivity contribution is 7.89. The van der Waals surface area contributed by atoms with Crippen molar-refractivity contribution in [2.24, 2.45) is 5.92 Å². The number of hydrogen-bond acceptors (Lipinski definition) is 6. The summed E-state index contributed by atoms with van der Waals surface area (Å²) in [5, 5.41) is 2.81. The molecule has 2 aromatic carbocycles. The van der Waals surface area contributed by atoms with Crippen LogP contribution in [0.15, 0.2) is 54.6 Å². The molecule has 35 heavy (non-hydrogen) atoms. The Balaban J connectivity index is 1.19. The van der Waals surface area contributed by atoms with Gasteiger partial charge in [0.25, 0.3) is 0 Å². The van der Waals surface area contributed by atoms with Crippen LogP contribution in [0, 0.1) is 5.92 Å². The topological polar surface area (TPSA) is 99.3 Å². The maximum absolute atomic E-state index is 12.8. The van der Waals surface area contributed by atoms with Crippen LogP contribution in [0.5, 0.6) is 5.75 Å². The minimum atomic E-state index is -3.38. The van der Waals surface area contributed by atoms with Gasteiger partial charge >= 0.3 is 0 Å². The molecule has 2 amide bonds. The van der Waals surface area contributed by atoms with Gasteiger partial charge in [-0.25, -0.2) is 8.42 Å². The quantitative estimate of drug-likeness (QED) is 0.527. The summed E-state index contributed by atoms with van der Waals surface area (Å²) in [5.41, 5.74) is 1.83. The number of nitrogens with zero attached hydrogens (tertiary/aromatic N) is 3. The predicted octanol–water partition coefficient (Wildman–Crippen LogP) is 1.71. The summed E-state index contributed by atoms with van der Waals surface area (Å²) in [6.07, 6.45) is 0.470. The molecule has 188 valence electrons. The highest BCUT2D eigenvalue weighted by Crippen LogP contribution is 2.27. The zero-order valence-corrected chi connectivity index (χ0v) is 20.7. The van der Waals surface area contributed by atoms with Gasteiger partial charge in [0.15, 0.2) is 0 Å². The number of carbonyl (C=O) groups excluding carboxylic acids is 2. The van der Waals surface area contributed by atoms with Gasteiger partial charge in [0.2, 0.25) is 21.8 Å². The molecular formula is C25H32N4O5S. The standard InChI is InChI=1S/C25H32N4O5S/c1-34-23-10-8-22(9-11-23)29-19-20(18-24(29)30)25(31)26-12-5-17-35(32,33)28-15-13-27(14-16-28)21-6-3-2-4-7-21/h2-4,6-11,20H,5,12-19H2,1H3,(H,26,31). The van der Waals surface area contributed by atoms with E-state index in [1.165, 1.54) is 4.31 Å². The fourth-order valence-corrected chi connectivity index (χ4v) is 5.98. The highest BCUT2D eigenvalue weighted by Gasteiger charge is 2.35. The summed E-state index contributed by atoms with van der Waals surface area (Å²) >= 11 is 0. The second kappa shape index (κ2) is 11.1. The fourth-order valence-electron chi connectivity index (χ4n) is 4.50. The van der Waals surface area contributed by atoms with Crippen LogP contribution in [-0.4, -0.2) is 76.7 Å². The lowest BCUT2D eigenvalue weighted by Crippen LogP contribution is -2.49. The van der Waals surface area contributed by atoms with Gasteiger partial charge in [0.1, 0.15) is 5.75 Å². The first-order chi connectivity index (χ1) is 16.9. The minimum Gasteiger partial charge on any atom is -0.497 e. The first-order valence-corrected chi connectivity index (χ1v) is 13.5. The number of rotatable bonds is 9. The van der Waals surface area contributed by atoms with Gasteiger partial charge in [-0.3, -0.25) is 9.59 Å². The van der Waals surface area contributed by atoms with Crippen LogP contribution in [0.3, 0.4) is 0 Å². The molecule has 0 aliphatic carbocycles. The highest BCUT2D eigenvalue weighted by atomic mass is 32.2. The van der Waals surface area contributed by atoms with E-state index in [0.29, 0.717) is 44.9 Å². The second-order valence-electron chi connectivity index (χ2n) is 8.79. The van der Waals surface area contributed by atoms with E-state index in [4.69, 9.17) is 4.74 Å². The van der Waals surface area contributed by atoms with Gasteiger partial charge in [-0.05, 0) is 42.8 Å². The molecule has 1 N–H and O–H groups in total. The van der Waals surface area contributed by atoms with Crippen molar-refractivity contribution < 1.29 is 22.7 Å². The smallest absolute Gasteiger partial charge is 0.227 e. The Morgan fingerprint density at radius 1 is 1.00 bits per heavy atom. The largest absolute Gasteiger partial charge is 0.497 e. The Morgan fingerprint density at radius 3 is 2.34 bits per heavy atom. The maximum Gasteiger partial charge on any atom is 0.227 e. The maximum atomic E-state index is 12.8. The Bertz CT molecular complexity index is 1120. The number of hydrogen-bond donors (Lipinski definition) is 1. The van der Waals surface area contributed by atoms with Crippen LogP contribution in [0.2, 0.25) is 0 Å². The van der Waals surface area contributed by atoms with Crippen LogP contribution in [-0.2, 0) is 19.6 Å². The number of benzene rings is 2. The molecule has 2 saturated heterocycles. The van der Waals surface area contributed by atoms with Gasteiger partial charge in [0.05, 0.1) is 18.8 Å². The van der Waals surface area contributed by atoms with E-state index in [1.807, 2.05) is 30.3 Å². The lowest BCUT2D eigenvalue weighted by atomic mass is 10.1. The average Bonchev–Trinajstić information content (AvgIpc) is 3.29. The molecule has 4 rings (SSSR count). The normalized spacial score (nSPS) is 19.1. The van der Waals surface area contributed by atoms with E-state index >= 15 is 0 Å². The number of carbonyl (C=O) groups is 2. The van der Waals surface area contributed by atoms with Crippen molar-refractivity contribution in [1.82, 2.24) is 9.62 Å².